The van der Waals surface area contributed by atoms with E-state index in [4.69, 9.17) is 0 Å². The third kappa shape index (κ3) is 2.54. The molecule has 0 aliphatic rings. The van der Waals surface area contributed by atoms with Crippen LogP contribution >= 0.6 is 0 Å². The number of hydrogen-bond donors (Lipinski definition) is 1. The fraction of sp³-hybridized carbons (Fsp3) is 0.0556. The minimum atomic E-state index is -0.228. The highest BCUT2D eigenvalue weighted by Gasteiger charge is 2.11. The van der Waals surface area contributed by atoms with E-state index in [1.807, 2.05) is 64.6 Å². The average Bonchev–Trinajstić information content (AvgIpc) is 3.26. The smallest absolute Gasteiger partial charge is 0.275 e. The van der Waals surface area contributed by atoms with E-state index >= 15 is 0 Å². The zero-order chi connectivity index (χ0) is 16.5. The predicted molar refractivity (Wildman–Crippen MR) is 91.4 cm³/mol. The number of fused-ring (bicyclic) bond motifs is 1. The largest absolute Gasteiger partial charge is 0.321 e. The molecule has 0 aliphatic carbocycles. The number of nitrogens with one attached hydrogen (secondary N) is 1. The fourth-order valence-electron chi connectivity index (χ4n) is 2.58. The molecule has 0 saturated heterocycles. The van der Waals surface area contributed by atoms with Crippen LogP contribution in [0.2, 0.25) is 0 Å². The summed E-state index contributed by atoms with van der Waals surface area (Å²) in [4.78, 5) is 20.8. The van der Waals surface area contributed by atoms with E-state index in [9.17, 15) is 4.79 Å². The third-order valence-electron chi connectivity index (χ3n) is 3.86. The van der Waals surface area contributed by atoms with Gasteiger partial charge in [0.15, 0.2) is 0 Å². The number of hydrogen-bond acceptors (Lipinski definition) is 3. The van der Waals surface area contributed by atoms with Crippen LogP contribution in [0, 0.1) is 6.92 Å². The number of carbonyl (C=O) groups is 1. The second kappa shape index (κ2) is 5.66. The Morgan fingerprint density at radius 3 is 2.67 bits per heavy atom. The lowest BCUT2D eigenvalue weighted by Gasteiger charge is -2.05. The Morgan fingerprint density at radius 2 is 1.96 bits per heavy atom. The molecule has 0 spiro atoms. The van der Waals surface area contributed by atoms with Crippen molar-refractivity contribution in [3.8, 4) is 5.69 Å². The molecule has 4 rings (SSSR count). The monoisotopic (exact) mass is 317 g/mol. The molecule has 0 bridgehead atoms. The number of benzene rings is 1. The lowest BCUT2D eigenvalue weighted by molar-refractivity contribution is 0.102. The number of pyridine rings is 1. The van der Waals surface area contributed by atoms with Gasteiger partial charge in [0.2, 0.25) is 0 Å². The summed E-state index contributed by atoms with van der Waals surface area (Å²) >= 11 is 0. The summed E-state index contributed by atoms with van der Waals surface area (Å²) in [5.74, 6) is -0.228. The number of nitrogens with zero attached hydrogens (tertiary/aromatic N) is 4. The van der Waals surface area contributed by atoms with Crippen molar-refractivity contribution in [1.82, 2.24) is 18.9 Å². The summed E-state index contributed by atoms with van der Waals surface area (Å²) in [7, 11) is 0. The third-order valence-corrected chi connectivity index (χ3v) is 3.86. The van der Waals surface area contributed by atoms with E-state index in [2.05, 4.69) is 15.3 Å². The summed E-state index contributed by atoms with van der Waals surface area (Å²) in [5, 5.41) is 2.87. The topological polar surface area (TPSA) is 64.2 Å². The molecular weight excluding hydrogens is 302 g/mol. The quantitative estimate of drug-likeness (QED) is 0.631. The van der Waals surface area contributed by atoms with Gasteiger partial charge in [-0.15, -0.1) is 0 Å². The maximum absolute atomic E-state index is 12.4. The first kappa shape index (κ1) is 14.2. The van der Waals surface area contributed by atoms with Crippen LogP contribution in [0.1, 0.15) is 16.2 Å². The zero-order valence-electron chi connectivity index (χ0n) is 13.0. The number of carbonyl (C=O) groups excluding carboxylic acids is 1. The second-order valence-corrected chi connectivity index (χ2v) is 5.49. The maximum Gasteiger partial charge on any atom is 0.275 e. The van der Waals surface area contributed by atoms with Crippen molar-refractivity contribution in [2.75, 3.05) is 5.32 Å². The van der Waals surface area contributed by atoms with Gasteiger partial charge in [-0.3, -0.25) is 4.79 Å². The van der Waals surface area contributed by atoms with E-state index in [0.29, 0.717) is 5.69 Å². The molecule has 6 nitrogen and oxygen atoms in total. The van der Waals surface area contributed by atoms with Gasteiger partial charge in [-0.1, -0.05) is 6.07 Å². The number of imidazole rings is 2. The van der Waals surface area contributed by atoms with Crippen molar-refractivity contribution >= 4 is 17.2 Å². The number of anilines is 1. The molecule has 0 aliphatic heterocycles. The van der Waals surface area contributed by atoms with Crippen LogP contribution in [0.15, 0.2) is 67.4 Å². The first-order chi connectivity index (χ1) is 11.7. The average molecular weight is 317 g/mol. The highest BCUT2D eigenvalue weighted by atomic mass is 16.1. The zero-order valence-corrected chi connectivity index (χ0v) is 13.0. The molecule has 118 valence electrons. The Hall–Kier alpha value is -3.41. The van der Waals surface area contributed by atoms with Crippen LogP contribution in [-0.2, 0) is 0 Å². The highest BCUT2D eigenvalue weighted by Crippen LogP contribution is 2.15. The van der Waals surface area contributed by atoms with Crippen molar-refractivity contribution in [3.63, 3.8) is 0 Å². The minimum Gasteiger partial charge on any atom is -0.321 e. The summed E-state index contributed by atoms with van der Waals surface area (Å²) in [5.41, 5.74) is 3.88. The lowest BCUT2D eigenvalue weighted by atomic mass is 10.2. The van der Waals surface area contributed by atoms with Crippen molar-refractivity contribution < 1.29 is 4.79 Å². The molecule has 0 atom stereocenters. The van der Waals surface area contributed by atoms with Crippen molar-refractivity contribution in [2.45, 2.75) is 6.92 Å². The molecule has 6 heteroatoms. The summed E-state index contributed by atoms with van der Waals surface area (Å²) in [6, 6.07) is 13.3. The summed E-state index contributed by atoms with van der Waals surface area (Å²) in [6.45, 7) is 1.98. The predicted octanol–water partition coefficient (Wildman–Crippen LogP) is 3.08. The molecule has 0 fully saturated rings. The molecular formula is C18H15N5O. The molecule has 3 heterocycles. The minimum absolute atomic E-state index is 0.228. The molecule has 0 saturated carbocycles. The normalized spacial score (nSPS) is 10.9. The Bertz CT molecular complexity index is 1000. The van der Waals surface area contributed by atoms with Gasteiger partial charge < -0.3 is 14.3 Å². The molecule has 4 aromatic rings. The van der Waals surface area contributed by atoms with Crippen LogP contribution < -0.4 is 5.32 Å². The van der Waals surface area contributed by atoms with E-state index in [0.717, 1.165) is 22.7 Å². The van der Waals surface area contributed by atoms with Gasteiger partial charge in [0, 0.05) is 35.7 Å². The van der Waals surface area contributed by atoms with Crippen molar-refractivity contribution in [3.05, 3.63) is 78.8 Å². The van der Waals surface area contributed by atoms with E-state index < -0.39 is 0 Å². The van der Waals surface area contributed by atoms with Crippen LogP contribution in [0.3, 0.4) is 0 Å². The van der Waals surface area contributed by atoms with Gasteiger partial charge in [0.1, 0.15) is 11.3 Å². The molecule has 1 aromatic carbocycles. The summed E-state index contributed by atoms with van der Waals surface area (Å²) in [6.07, 6.45) is 7.07. The molecule has 1 N–H and O–H groups in total. The first-order valence-electron chi connectivity index (χ1n) is 7.55. The fourth-order valence-corrected chi connectivity index (χ4v) is 2.58. The Kier molecular flexibility index (Phi) is 3.35. The van der Waals surface area contributed by atoms with Crippen molar-refractivity contribution in [1.29, 1.82) is 0 Å². The van der Waals surface area contributed by atoms with E-state index in [1.165, 1.54) is 0 Å². The molecule has 0 radical (unpaired) electrons. The Morgan fingerprint density at radius 1 is 1.12 bits per heavy atom. The Labute approximate surface area is 138 Å². The molecule has 24 heavy (non-hydrogen) atoms. The van der Waals surface area contributed by atoms with E-state index in [1.54, 1.807) is 18.7 Å². The van der Waals surface area contributed by atoms with Gasteiger partial charge in [0.25, 0.3) is 5.91 Å². The van der Waals surface area contributed by atoms with Crippen LogP contribution in [0.4, 0.5) is 5.69 Å². The lowest BCUT2D eigenvalue weighted by Crippen LogP contribution is -2.12. The molecule has 1 amide bonds. The van der Waals surface area contributed by atoms with Gasteiger partial charge in [-0.2, -0.15) is 0 Å². The van der Waals surface area contributed by atoms with Gasteiger partial charge in [-0.05, 0) is 43.3 Å². The van der Waals surface area contributed by atoms with Crippen LogP contribution in [0.5, 0.6) is 0 Å². The number of amides is 1. The number of aryl methyl sites for hydroxylation is 1. The Balaban J connectivity index is 1.55. The second-order valence-electron chi connectivity index (χ2n) is 5.49. The van der Waals surface area contributed by atoms with E-state index in [-0.39, 0.29) is 5.91 Å². The number of aromatic nitrogens is 4. The number of rotatable bonds is 3. The SMILES string of the molecule is Cc1cccc2nc(C(=O)Nc3ccc(-n4ccnc4)cc3)cn12. The maximum atomic E-state index is 12.4. The standard InChI is InChI=1S/C18H15N5O/c1-13-3-2-4-17-21-16(11-23(13)17)18(24)20-14-5-7-15(8-6-14)22-10-9-19-12-22/h2-12H,1H3,(H,20,24). The van der Waals surface area contributed by atoms with Crippen LogP contribution in [0.25, 0.3) is 11.3 Å². The van der Waals surface area contributed by atoms with Gasteiger partial charge in [-0.25, -0.2) is 9.97 Å². The van der Waals surface area contributed by atoms with Crippen molar-refractivity contribution in [2.24, 2.45) is 0 Å². The summed E-state index contributed by atoms with van der Waals surface area (Å²) < 4.78 is 3.80. The first-order valence-corrected chi connectivity index (χ1v) is 7.55. The van der Waals surface area contributed by atoms with Crippen LogP contribution in [-0.4, -0.2) is 24.8 Å². The molecule has 3 aromatic heterocycles. The highest BCUT2D eigenvalue weighted by molar-refractivity contribution is 6.03. The van der Waals surface area contributed by atoms with Gasteiger partial charge in [0.05, 0.1) is 6.33 Å². The molecule has 0 unspecified atom stereocenters. The van der Waals surface area contributed by atoms with Gasteiger partial charge >= 0.3 is 0 Å².